The second kappa shape index (κ2) is 9.75. The molecule has 1 atom stereocenters. The summed E-state index contributed by atoms with van der Waals surface area (Å²) in [5.41, 5.74) is 3.91. The number of hydrogen-bond acceptors (Lipinski definition) is 2. The van der Waals surface area contributed by atoms with Crippen LogP contribution in [0.25, 0.3) is 11.1 Å². The summed E-state index contributed by atoms with van der Waals surface area (Å²) >= 11 is 0. The smallest absolute Gasteiger partial charge is 0.251 e. The molecule has 2 aromatic carbocycles. The van der Waals surface area contributed by atoms with Gasteiger partial charge in [-0.05, 0) is 67.7 Å². The molecule has 4 rings (SSSR count). The number of carbonyl (C=O) groups excluding carboxylic acids is 2. The highest BCUT2D eigenvalue weighted by atomic mass is 16.2. The van der Waals surface area contributed by atoms with Gasteiger partial charge >= 0.3 is 0 Å². The van der Waals surface area contributed by atoms with E-state index < -0.39 is 0 Å². The van der Waals surface area contributed by atoms with E-state index in [1.54, 1.807) is 0 Å². The third-order valence-electron chi connectivity index (χ3n) is 6.18. The van der Waals surface area contributed by atoms with Crippen LogP contribution in [-0.4, -0.2) is 36.3 Å². The summed E-state index contributed by atoms with van der Waals surface area (Å²) in [6, 6.07) is 17.9. The van der Waals surface area contributed by atoms with Gasteiger partial charge in [0.25, 0.3) is 5.91 Å². The van der Waals surface area contributed by atoms with Crippen molar-refractivity contribution in [1.82, 2.24) is 10.2 Å². The van der Waals surface area contributed by atoms with E-state index in [9.17, 15) is 9.59 Å². The van der Waals surface area contributed by atoms with Gasteiger partial charge in [-0.25, -0.2) is 0 Å². The molecule has 156 valence electrons. The predicted octanol–water partition coefficient (Wildman–Crippen LogP) is 4.82. The lowest BCUT2D eigenvalue weighted by molar-refractivity contribution is -0.129. The van der Waals surface area contributed by atoms with Gasteiger partial charge in [0.1, 0.15) is 0 Å². The van der Waals surface area contributed by atoms with Crippen molar-refractivity contribution in [3.05, 3.63) is 71.8 Å². The molecule has 1 aliphatic carbocycles. The van der Waals surface area contributed by atoms with Crippen LogP contribution in [0, 0.1) is 5.92 Å². The number of nitrogens with one attached hydrogen (secondary N) is 1. The zero-order valence-corrected chi connectivity index (χ0v) is 17.5. The highest BCUT2D eigenvalue weighted by Crippen LogP contribution is 2.23. The third kappa shape index (κ3) is 4.99. The van der Waals surface area contributed by atoms with Crippen molar-refractivity contribution in [1.29, 1.82) is 0 Å². The number of likely N-dealkylation sites (tertiary alicyclic amines) is 1. The van der Waals surface area contributed by atoms with Gasteiger partial charge in [0, 0.05) is 30.8 Å². The van der Waals surface area contributed by atoms with E-state index in [2.05, 4.69) is 23.5 Å². The maximum atomic E-state index is 12.8. The first-order valence-electron chi connectivity index (χ1n) is 11.1. The minimum atomic E-state index is -0.0481. The van der Waals surface area contributed by atoms with Crippen molar-refractivity contribution in [3.63, 3.8) is 0 Å². The van der Waals surface area contributed by atoms with E-state index in [1.807, 2.05) is 47.4 Å². The Hall–Kier alpha value is -2.88. The van der Waals surface area contributed by atoms with Crippen molar-refractivity contribution in [2.24, 2.45) is 5.92 Å². The molecular weight excluding hydrogens is 372 g/mol. The van der Waals surface area contributed by atoms with Crippen molar-refractivity contribution in [2.45, 2.75) is 38.5 Å². The lowest BCUT2D eigenvalue weighted by Crippen LogP contribution is -2.44. The summed E-state index contributed by atoms with van der Waals surface area (Å²) in [6.07, 6.45) is 8.43. The van der Waals surface area contributed by atoms with Crippen LogP contribution in [-0.2, 0) is 4.79 Å². The van der Waals surface area contributed by atoms with Gasteiger partial charge in [-0.1, -0.05) is 48.5 Å². The fourth-order valence-electron chi connectivity index (χ4n) is 4.44. The van der Waals surface area contributed by atoms with Gasteiger partial charge in [-0.15, -0.1) is 0 Å². The SMILES string of the molecule is O=C(NCC1CCCN(C(=O)C2=CCCCC2)C1)c1ccc(-c2ccccc2)cc1. The fraction of sp³-hybridized carbons (Fsp3) is 0.385. The van der Waals surface area contributed by atoms with Gasteiger partial charge in [-0.2, -0.15) is 0 Å². The molecule has 1 N–H and O–H groups in total. The Bertz CT molecular complexity index is 902. The van der Waals surface area contributed by atoms with Crippen LogP contribution in [0.3, 0.4) is 0 Å². The number of nitrogens with zero attached hydrogens (tertiary/aromatic N) is 1. The van der Waals surface area contributed by atoms with Gasteiger partial charge in [0.05, 0.1) is 0 Å². The number of hydrogen-bond donors (Lipinski definition) is 1. The summed E-state index contributed by atoms with van der Waals surface area (Å²) in [7, 11) is 0. The number of piperidine rings is 1. The molecule has 2 aromatic rings. The minimum absolute atomic E-state index is 0.0481. The lowest BCUT2D eigenvalue weighted by Gasteiger charge is -2.34. The number of benzene rings is 2. The van der Waals surface area contributed by atoms with E-state index in [4.69, 9.17) is 0 Å². The molecule has 2 amide bonds. The molecule has 4 heteroatoms. The molecule has 0 spiro atoms. The van der Waals surface area contributed by atoms with Crippen LogP contribution in [0.2, 0.25) is 0 Å². The average molecular weight is 403 g/mol. The topological polar surface area (TPSA) is 49.4 Å². The molecule has 2 aliphatic rings. The maximum Gasteiger partial charge on any atom is 0.251 e. The van der Waals surface area contributed by atoms with Crippen LogP contribution in [0.1, 0.15) is 48.9 Å². The molecule has 1 heterocycles. The second-order valence-corrected chi connectivity index (χ2v) is 8.39. The molecule has 0 saturated carbocycles. The summed E-state index contributed by atoms with van der Waals surface area (Å²) in [6.45, 7) is 2.19. The Morgan fingerprint density at radius 3 is 2.43 bits per heavy atom. The zero-order chi connectivity index (χ0) is 20.8. The van der Waals surface area contributed by atoms with Crippen LogP contribution in [0.4, 0.5) is 0 Å². The van der Waals surface area contributed by atoms with Gasteiger partial charge < -0.3 is 10.2 Å². The first kappa shape index (κ1) is 20.4. The summed E-state index contributed by atoms with van der Waals surface area (Å²) < 4.78 is 0. The molecule has 4 nitrogen and oxygen atoms in total. The standard InChI is InChI=1S/C26H30N2O2/c29-25(23-15-13-22(14-16-23)21-9-3-1-4-10-21)27-18-20-8-7-17-28(19-20)26(30)24-11-5-2-6-12-24/h1,3-4,9-11,13-16,20H,2,5-8,12,17-19H2,(H,27,29). The van der Waals surface area contributed by atoms with E-state index in [-0.39, 0.29) is 11.8 Å². The molecule has 30 heavy (non-hydrogen) atoms. The number of amides is 2. The van der Waals surface area contributed by atoms with Gasteiger partial charge in [0.2, 0.25) is 5.91 Å². The molecule has 1 saturated heterocycles. The van der Waals surface area contributed by atoms with Crippen LogP contribution >= 0.6 is 0 Å². The van der Waals surface area contributed by atoms with Crippen molar-refractivity contribution in [2.75, 3.05) is 19.6 Å². The van der Waals surface area contributed by atoms with E-state index in [0.717, 1.165) is 61.9 Å². The van der Waals surface area contributed by atoms with Crippen LogP contribution in [0.5, 0.6) is 0 Å². The van der Waals surface area contributed by atoms with Gasteiger partial charge in [0.15, 0.2) is 0 Å². The average Bonchev–Trinajstić information content (AvgIpc) is 2.83. The van der Waals surface area contributed by atoms with E-state index >= 15 is 0 Å². The maximum absolute atomic E-state index is 12.8. The lowest BCUT2D eigenvalue weighted by atomic mass is 9.94. The monoisotopic (exact) mass is 402 g/mol. The van der Waals surface area contributed by atoms with Crippen LogP contribution < -0.4 is 5.32 Å². The zero-order valence-electron chi connectivity index (χ0n) is 17.5. The van der Waals surface area contributed by atoms with Crippen molar-refractivity contribution >= 4 is 11.8 Å². The summed E-state index contributed by atoms with van der Waals surface area (Å²) in [4.78, 5) is 27.4. The first-order valence-corrected chi connectivity index (χ1v) is 11.1. The highest BCUT2D eigenvalue weighted by molar-refractivity contribution is 5.95. The van der Waals surface area contributed by atoms with E-state index in [1.165, 1.54) is 6.42 Å². The first-order chi connectivity index (χ1) is 14.7. The molecule has 1 fully saturated rings. The van der Waals surface area contributed by atoms with Crippen LogP contribution in [0.15, 0.2) is 66.2 Å². The summed E-state index contributed by atoms with van der Waals surface area (Å²) in [5, 5.41) is 3.08. The Balaban J connectivity index is 1.30. The number of allylic oxidation sites excluding steroid dienone is 1. The number of carbonyl (C=O) groups is 2. The van der Waals surface area contributed by atoms with Crippen molar-refractivity contribution in [3.8, 4) is 11.1 Å². The fourth-order valence-corrected chi connectivity index (χ4v) is 4.44. The molecular formula is C26H30N2O2. The minimum Gasteiger partial charge on any atom is -0.352 e. The molecule has 0 bridgehead atoms. The Labute approximate surface area is 179 Å². The molecule has 1 aliphatic heterocycles. The Kier molecular flexibility index (Phi) is 6.63. The largest absolute Gasteiger partial charge is 0.352 e. The Morgan fingerprint density at radius 2 is 1.70 bits per heavy atom. The van der Waals surface area contributed by atoms with Gasteiger partial charge in [-0.3, -0.25) is 9.59 Å². The highest BCUT2D eigenvalue weighted by Gasteiger charge is 2.26. The molecule has 0 radical (unpaired) electrons. The molecule has 0 aromatic heterocycles. The second-order valence-electron chi connectivity index (χ2n) is 8.39. The quantitative estimate of drug-likeness (QED) is 0.779. The Morgan fingerprint density at radius 1 is 0.933 bits per heavy atom. The normalized spacial score (nSPS) is 19.1. The summed E-state index contributed by atoms with van der Waals surface area (Å²) in [5.74, 6) is 0.481. The van der Waals surface area contributed by atoms with Crippen molar-refractivity contribution < 1.29 is 9.59 Å². The molecule has 1 unspecified atom stereocenters. The predicted molar refractivity (Wildman–Crippen MR) is 120 cm³/mol. The number of rotatable bonds is 5. The third-order valence-corrected chi connectivity index (χ3v) is 6.18. The van der Waals surface area contributed by atoms with E-state index in [0.29, 0.717) is 18.0 Å².